The van der Waals surface area contributed by atoms with E-state index in [9.17, 15) is 5.11 Å². The molecule has 1 atom stereocenters. The van der Waals surface area contributed by atoms with Gasteiger partial charge in [-0.15, -0.1) is 0 Å². The molecule has 20 heavy (non-hydrogen) atoms. The molecule has 1 saturated carbocycles. The van der Waals surface area contributed by atoms with Gasteiger partial charge in [-0.3, -0.25) is 4.98 Å². The van der Waals surface area contributed by atoms with Crippen molar-refractivity contribution in [2.75, 3.05) is 0 Å². The molecule has 1 aromatic carbocycles. The van der Waals surface area contributed by atoms with Crippen LogP contribution in [0.15, 0.2) is 48.8 Å². The van der Waals surface area contributed by atoms with E-state index in [4.69, 9.17) is 0 Å². The zero-order valence-electron chi connectivity index (χ0n) is 11.7. The molecule has 1 heterocycles. The molecule has 0 amide bonds. The predicted molar refractivity (Wildman–Crippen MR) is 80.6 cm³/mol. The van der Waals surface area contributed by atoms with Crippen molar-refractivity contribution in [3.05, 3.63) is 65.5 Å². The lowest BCUT2D eigenvalue weighted by molar-refractivity contribution is 0.165. The lowest BCUT2D eigenvalue weighted by atomic mass is 9.77. The summed E-state index contributed by atoms with van der Waals surface area (Å²) in [4.78, 5) is 4.12. The molecule has 1 aromatic heterocycles. The van der Waals surface area contributed by atoms with Gasteiger partial charge in [0.2, 0.25) is 0 Å². The van der Waals surface area contributed by atoms with Crippen molar-refractivity contribution in [1.82, 2.24) is 4.98 Å². The summed E-state index contributed by atoms with van der Waals surface area (Å²) in [5, 5.41) is 10.5. The van der Waals surface area contributed by atoms with Gasteiger partial charge in [-0.1, -0.05) is 36.8 Å². The standard InChI is InChI=1S/C18H21NO/c20-18(11-10-14-5-4-12-19-13-14)17-9-2-1-8-16(17)15-6-3-7-15/h1-2,4-5,8-9,12-13,15,18,20H,3,6-7,10-11H2. The first-order chi connectivity index (χ1) is 9.84. The quantitative estimate of drug-likeness (QED) is 0.887. The number of nitrogens with zero attached hydrogens (tertiary/aromatic N) is 1. The Morgan fingerprint density at radius 3 is 2.70 bits per heavy atom. The van der Waals surface area contributed by atoms with Gasteiger partial charge in [0.25, 0.3) is 0 Å². The molecule has 1 aliphatic carbocycles. The van der Waals surface area contributed by atoms with Crippen LogP contribution in [0.2, 0.25) is 0 Å². The number of hydrogen-bond donors (Lipinski definition) is 1. The van der Waals surface area contributed by atoms with Crippen molar-refractivity contribution >= 4 is 0 Å². The third kappa shape index (κ3) is 2.91. The lowest BCUT2D eigenvalue weighted by Gasteiger charge is -2.29. The summed E-state index contributed by atoms with van der Waals surface area (Å²) >= 11 is 0. The normalized spacial score (nSPS) is 16.6. The summed E-state index contributed by atoms with van der Waals surface area (Å²) < 4.78 is 0. The molecule has 1 unspecified atom stereocenters. The largest absolute Gasteiger partial charge is 0.388 e. The maximum Gasteiger partial charge on any atom is 0.0796 e. The van der Waals surface area contributed by atoms with E-state index in [2.05, 4.69) is 29.2 Å². The number of aryl methyl sites for hydroxylation is 1. The zero-order chi connectivity index (χ0) is 13.8. The fourth-order valence-corrected chi connectivity index (χ4v) is 2.91. The minimum Gasteiger partial charge on any atom is -0.388 e. The number of benzene rings is 1. The van der Waals surface area contributed by atoms with Crippen molar-refractivity contribution in [1.29, 1.82) is 0 Å². The van der Waals surface area contributed by atoms with Crippen LogP contribution in [-0.2, 0) is 6.42 Å². The van der Waals surface area contributed by atoms with Crippen LogP contribution in [-0.4, -0.2) is 10.1 Å². The van der Waals surface area contributed by atoms with Gasteiger partial charge in [0.1, 0.15) is 0 Å². The van der Waals surface area contributed by atoms with Crippen LogP contribution in [0.1, 0.15) is 54.4 Å². The molecular weight excluding hydrogens is 246 g/mol. The van der Waals surface area contributed by atoms with Gasteiger partial charge < -0.3 is 5.11 Å². The number of hydrogen-bond acceptors (Lipinski definition) is 2. The van der Waals surface area contributed by atoms with Gasteiger partial charge in [-0.25, -0.2) is 0 Å². The summed E-state index contributed by atoms with van der Waals surface area (Å²) in [6, 6.07) is 12.4. The highest BCUT2D eigenvalue weighted by Crippen LogP contribution is 2.40. The fraction of sp³-hybridized carbons (Fsp3) is 0.389. The van der Waals surface area contributed by atoms with Crippen molar-refractivity contribution in [3.63, 3.8) is 0 Å². The second-order valence-corrected chi connectivity index (χ2v) is 5.67. The van der Waals surface area contributed by atoms with E-state index in [1.165, 1.54) is 30.4 Å². The molecule has 0 spiro atoms. The number of aliphatic hydroxyl groups excluding tert-OH is 1. The van der Waals surface area contributed by atoms with Crippen molar-refractivity contribution in [3.8, 4) is 0 Å². The Morgan fingerprint density at radius 1 is 1.15 bits per heavy atom. The first kappa shape index (κ1) is 13.3. The zero-order valence-corrected chi connectivity index (χ0v) is 11.7. The highest BCUT2D eigenvalue weighted by molar-refractivity contribution is 5.33. The van der Waals surface area contributed by atoms with Gasteiger partial charge in [0.05, 0.1) is 6.10 Å². The van der Waals surface area contributed by atoms with E-state index in [-0.39, 0.29) is 6.10 Å². The molecule has 0 bridgehead atoms. The highest BCUT2D eigenvalue weighted by atomic mass is 16.3. The Morgan fingerprint density at radius 2 is 2.00 bits per heavy atom. The smallest absolute Gasteiger partial charge is 0.0796 e. The maximum atomic E-state index is 10.5. The van der Waals surface area contributed by atoms with Crippen LogP contribution in [0.5, 0.6) is 0 Å². The second-order valence-electron chi connectivity index (χ2n) is 5.67. The van der Waals surface area contributed by atoms with E-state index in [0.29, 0.717) is 5.92 Å². The fourth-order valence-electron chi connectivity index (χ4n) is 2.91. The number of aromatic nitrogens is 1. The number of rotatable bonds is 5. The molecule has 2 nitrogen and oxygen atoms in total. The molecule has 1 aliphatic rings. The SMILES string of the molecule is OC(CCc1cccnc1)c1ccccc1C1CCC1. The number of aliphatic hydroxyl groups is 1. The summed E-state index contributed by atoms with van der Waals surface area (Å²) in [7, 11) is 0. The van der Waals surface area contributed by atoms with Gasteiger partial charge in [0, 0.05) is 12.4 Å². The van der Waals surface area contributed by atoms with E-state index in [1.54, 1.807) is 6.20 Å². The van der Waals surface area contributed by atoms with Crippen LogP contribution in [0, 0.1) is 0 Å². The lowest BCUT2D eigenvalue weighted by Crippen LogP contribution is -2.13. The predicted octanol–water partition coefficient (Wildman–Crippen LogP) is 4.02. The summed E-state index contributed by atoms with van der Waals surface area (Å²) in [6.07, 6.45) is 8.79. The molecule has 104 valence electrons. The number of pyridine rings is 1. The first-order valence-corrected chi connectivity index (χ1v) is 7.50. The highest BCUT2D eigenvalue weighted by Gasteiger charge is 2.23. The average Bonchev–Trinajstić information content (AvgIpc) is 2.45. The molecule has 2 heteroatoms. The second kappa shape index (κ2) is 6.19. The molecule has 2 aromatic rings. The average molecular weight is 267 g/mol. The van der Waals surface area contributed by atoms with E-state index < -0.39 is 0 Å². The van der Waals surface area contributed by atoms with Crippen LogP contribution in [0.3, 0.4) is 0 Å². The van der Waals surface area contributed by atoms with E-state index in [1.807, 2.05) is 18.3 Å². The summed E-state index contributed by atoms with van der Waals surface area (Å²) in [5.41, 5.74) is 3.67. The van der Waals surface area contributed by atoms with Gasteiger partial charge in [-0.2, -0.15) is 0 Å². The Hall–Kier alpha value is -1.67. The molecular formula is C18H21NO. The van der Waals surface area contributed by atoms with Gasteiger partial charge >= 0.3 is 0 Å². The minimum absolute atomic E-state index is 0.369. The Kier molecular flexibility index (Phi) is 4.12. The van der Waals surface area contributed by atoms with Crippen LogP contribution >= 0.6 is 0 Å². The molecule has 1 fully saturated rings. The van der Waals surface area contributed by atoms with Crippen LogP contribution in [0.25, 0.3) is 0 Å². The minimum atomic E-state index is -0.369. The van der Waals surface area contributed by atoms with Crippen LogP contribution < -0.4 is 0 Å². The van der Waals surface area contributed by atoms with Gasteiger partial charge in [0.15, 0.2) is 0 Å². The molecule has 3 rings (SSSR count). The van der Waals surface area contributed by atoms with E-state index in [0.717, 1.165) is 18.4 Å². The van der Waals surface area contributed by atoms with Crippen molar-refractivity contribution in [2.45, 2.75) is 44.1 Å². The Labute approximate surface area is 120 Å². The summed E-state index contributed by atoms with van der Waals surface area (Å²) in [6.45, 7) is 0. The molecule has 0 radical (unpaired) electrons. The third-order valence-electron chi connectivity index (χ3n) is 4.33. The molecule has 0 aliphatic heterocycles. The van der Waals surface area contributed by atoms with E-state index >= 15 is 0 Å². The molecule has 0 saturated heterocycles. The molecule has 1 N–H and O–H groups in total. The maximum absolute atomic E-state index is 10.5. The monoisotopic (exact) mass is 267 g/mol. The Balaban J connectivity index is 1.69. The Bertz CT molecular complexity index is 548. The first-order valence-electron chi connectivity index (χ1n) is 7.50. The van der Waals surface area contributed by atoms with Crippen LogP contribution in [0.4, 0.5) is 0 Å². The van der Waals surface area contributed by atoms with Crippen molar-refractivity contribution < 1.29 is 5.11 Å². The third-order valence-corrected chi connectivity index (χ3v) is 4.33. The van der Waals surface area contributed by atoms with Crippen molar-refractivity contribution in [2.24, 2.45) is 0 Å². The topological polar surface area (TPSA) is 33.1 Å². The van der Waals surface area contributed by atoms with Gasteiger partial charge in [-0.05, 0) is 54.4 Å². The summed E-state index contributed by atoms with van der Waals surface area (Å²) in [5.74, 6) is 0.666.